The molecule has 0 unspecified atom stereocenters. The van der Waals surface area contributed by atoms with Crippen molar-refractivity contribution in [3.05, 3.63) is 170 Å². The quantitative estimate of drug-likeness (QED) is 0.183. The van der Waals surface area contributed by atoms with E-state index in [0.717, 1.165) is 85.0 Å². The van der Waals surface area contributed by atoms with Gasteiger partial charge in [0.05, 0.1) is 11.0 Å². The highest BCUT2D eigenvalue weighted by Crippen LogP contribution is 2.41. The number of anilines is 3. The third-order valence-electron chi connectivity index (χ3n) is 10.5. The summed E-state index contributed by atoms with van der Waals surface area (Å²) in [5.74, 6) is 0.710. The van der Waals surface area contributed by atoms with E-state index < -0.39 is 0 Å². The maximum Gasteiger partial charge on any atom is 0.223 e. The average Bonchev–Trinajstić information content (AvgIpc) is 3.91. The molecule has 0 fully saturated rings. The predicted octanol–water partition coefficient (Wildman–Crippen LogP) is 13.2. The summed E-state index contributed by atoms with van der Waals surface area (Å²) >= 11 is 0. The van der Waals surface area contributed by atoms with Crippen LogP contribution in [0.2, 0.25) is 0 Å². The summed E-state index contributed by atoms with van der Waals surface area (Å²) in [5.41, 5.74) is 11.2. The standard InChI is InChI=1S/C47H31N3O2/c1-2-10-30(11-3-1)47-48-46-36-25-23-34(28-31(36)18-26-45(46)52-47)49(35-24-27-44-40(29-35)39-14-6-9-17-43(39)51-44)32-19-21-33(22-20-32)50-41-15-7-4-12-37(41)38-13-5-8-16-42(38)50/h1-2,4-10,12-29H,3,11H2. The number of allylic oxidation sites excluding steroid dienone is 4. The number of furan rings is 1. The number of hydrogen-bond acceptors (Lipinski definition) is 4. The molecule has 5 heteroatoms. The number of fused-ring (bicyclic) bond motifs is 9. The molecule has 3 heterocycles. The van der Waals surface area contributed by atoms with Crippen molar-refractivity contribution in [2.24, 2.45) is 0 Å². The molecular weight excluding hydrogens is 639 g/mol. The molecule has 0 spiro atoms. The lowest BCUT2D eigenvalue weighted by atomic mass is 10.1. The Balaban J connectivity index is 1.07. The summed E-state index contributed by atoms with van der Waals surface area (Å²) in [6.07, 6.45) is 8.32. The zero-order chi connectivity index (χ0) is 34.2. The molecule has 11 rings (SSSR count). The summed E-state index contributed by atoms with van der Waals surface area (Å²) in [6, 6.07) is 51.7. The first kappa shape index (κ1) is 28.9. The molecule has 5 nitrogen and oxygen atoms in total. The van der Waals surface area contributed by atoms with Crippen LogP contribution in [0, 0.1) is 0 Å². The average molecular weight is 670 g/mol. The Labute approximate surface area is 298 Å². The van der Waals surface area contributed by atoms with E-state index in [-0.39, 0.29) is 0 Å². The second kappa shape index (κ2) is 11.3. The van der Waals surface area contributed by atoms with Gasteiger partial charge in [-0.2, -0.15) is 0 Å². The zero-order valence-electron chi connectivity index (χ0n) is 28.2. The highest BCUT2D eigenvalue weighted by molar-refractivity contribution is 6.10. The van der Waals surface area contributed by atoms with Gasteiger partial charge in [0, 0.05) is 55.3 Å². The molecule has 0 bridgehead atoms. The van der Waals surface area contributed by atoms with Crippen molar-refractivity contribution in [2.75, 3.05) is 4.90 Å². The van der Waals surface area contributed by atoms with Crippen LogP contribution >= 0.6 is 0 Å². The summed E-state index contributed by atoms with van der Waals surface area (Å²) in [4.78, 5) is 7.32. The van der Waals surface area contributed by atoms with Gasteiger partial charge in [-0.15, -0.1) is 0 Å². The molecule has 0 N–H and O–H groups in total. The van der Waals surface area contributed by atoms with Crippen LogP contribution < -0.4 is 4.90 Å². The van der Waals surface area contributed by atoms with Crippen molar-refractivity contribution in [3.63, 3.8) is 0 Å². The number of para-hydroxylation sites is 3. The number of benzene rings is 7. The summed E-state index contributed by atoms with van der Waals surface area (Å²) in [5, 5.41) is 6.87. The van der Waals surface area contributed by atoms with Crippen molar-refractivity contribution in [2.45, 2.75) is 12.8 Å². The number of rotatable bonds is 5. The Bertz CT molecular complexity index is 3030. The van der Waals surface area contributed by atoms with Gasteiger partial charge in [0.25, 0.3) is 0 Å². The SMILES string of the molecule is C1=CCCC(c2nc3c(ccc4cc(N(c5ccc(-n6c7ccccc7c7ccccc76)cc5)c5ccc6oc7ccccc7c6c5)ccc43)o2)=C1. The topological polar surface area (TPSA) is 47.3 Å². The lowest BCUT2D eigenvalue weighted by molar-refractivity contribution is 0.580. The van der Waals surface area contributed by atoms with E-state index in [4.69, 9.17) is 13.8 Å². The van der Waals surface area contributed by atoms with E-state index in [1.807, 2.05) is 18.2 Å². The lowest BCUT2D eigenvalue weighted by Crippen LogP contribution is -2.10. The van der Waals surface area contributed by atoms with E-state index in [9.17, 15) is 0 Å². The Morgan fingerprint density at radius 3 is 2.00 bits per heavy atom. The van der Waals surface area contributed by atoms with Crippen molar-refractivity contribution >= 4 is 88.3 Å². The molecule has 7 aromatic carbocycles. The van der Waals surface area contributed by atoms with Crippen molar-refractivity contribution < 1.29 is 8.83 Å². The minimum atomic E-state index is 0.710. The molecule has 1 aliphatic rings. The Hall–Kier alpha value is -6.85. The molecule has 0 atom stereocenters. The smallest absolute Gasteiger partial charge is 0.223 e. The van der Waals surface area contributed by atoms with E-state index in [0.29, 0.717) is 5.89 Å². The molecule has 52 heavy (non-hydrogen) atoms. The van der Waals surface area contributed by atoms with Crippen molar-refractivity contribution in [1.29, 1.82) is 0 Å². The van der Waals surface area contributed by atoms with Gasteiger partial charge in [-0.3, -0.25) is 0 Å². The lowest BCUT2D eigenvalue weighted by Gasteiger charge is -2.26. The van der Waals surface area contributed by atoms with Crippen LogP contribution in [-0.4, -0.2) is 9.55 Å². The van der Waals surface area contributed by atoms with Crippen molar-refractivity contribution in [1.82, 2.24) is 9.55 Å². The van der Waals surface area contributed by atoms with Gasteiger partial charge >= 0.3 is 0 Å². The summed E-state index contributed by atoms with van der Waals surface area (Å²) in [7, 11) is 0. The Morgan fingerprint density at radius 1 is 0.538 bits per heavy atom. The summed E-state index contributed by atoms with van der Waals surface area (Å²) < 4.78 is 14.8. The molecule has 0 aliphatic heterocycles. The normalized spacial score (nSPS) is 13.3. The first-order valence-corrected chi connectivity index (χ1v) is 17.8. The van der Waals surface area contributed by atoms with Crippen LogP contribution in [0.15, 0.2) is 173 Å². The van der Waals surface area contributed by atoms with Crippen LogP contribution in [0.3, 0.4) is 0 Å². The molecule has 246 valence electrons. The second-order valence-electron chi connectivity index (χ2n) is 13.5. The third-order valence-corrected chi connectivity index (χ3v) is 10.5. The van der Waals surface area contributed by atoms with E-state index in [1.54, 1.807) is 0 Å². The van der Waals surface area contributed by atoms with Crippen LogP contribution in [0.1, 0.15) is 18.7 Å². The zero-order valence-corrected chi connectivity index (χ0v) is 28.2. The fourth-order valence-electron chi connectivity index (χ4n) is 8.02. The van der Waals surface area contributed by atoms with E-state index in [1.165, 1.54) is 21.8 Å². The van der Waals surface area contributed by atoms with Crippen LogP contribution in [0.4, 0.5) is 17.1 Å². The molecule has 10 aromatic rings. The fourth-order valence-corrected chi connectivity index (χ4v) is 8.02. The van der Waals surface area contributed by atoms with Gasteiger partial charge in [-0.1, -0.05) is 78.9 Å². The number of nitrogens with zero attached hydrogens (tertiary/aromatic N) is 3. The molecule has 0 radical (unpaired) electrons. The van der Waals surface area contributed by atoms with Crippen LogP contribution in [-0.2, 0) is 0 Å². The molecule has 0 saturated carbocycles. The molecular formula is C47H31N3O2. The number of hydrogen-bond donors (Lipinski definition) is 0. The van der Waals surface area contributed by atoms with E-state index in [2.05, 4.69) is 155 Å². The van der Waals surface area contributed by atoms with Gasteiger partial charge in [-0.25, -0.2) is 4.98 Å². The van der Waals surface area contributed by atoms with Crippen LogP contribution in [0.25, 0.3) is 76.9 Å². The minimum Gasteiger partial charge on any atom is -0.456 e. The van der Waals surface area contributed by atoms with Gasteiger partial charge in [0.15, 0.2) is 5.58 Å². The largest absolute Gasteiger partial charge is 0.456 e. The fraction of sp³-hybridized carbons (Fsp3) is 0.0426. The molecule has 0 saturated heterocycles. The minimum absolute atomic E-state index is 0.710. The maximum absolute atomic E-state index is 6.26. The molecule has 1 aliphatic carbocycles. The number of oxazole rings is 1. The third kappa shape index (κ3) is 4.46. The maximum atomic E-state index is 6.26. The van der Waals surface area contributed by atoms with Gasteiger partial charge < -0.3 is 18.3 Å². The summed E-state index contributed by atoms with van der Waals surface area (Å²) in [6.45, 7) is 0. The van der Waals surface area contributed by atoms with Gasteiger partial charge in [-0.05, 0) is 103 Å². The van der Waals surface area contributed by atoms with Crippen LogP contribution in [0.5, 0.6) is 0 Å². The predicted molar refractivity (Wildman–Crippen MR) is 214 cm³/mol. The van der Waals surface area contributed by atoms with Gasteiger partial charge in [0.1, 0.15) is 16.7 Å². The highest BCUT2D eigenvalue weighted by Gasteiger charge is 2.19. The number of aromatic nitrogens is 2. The van der Waals surface area contributed by atoms with Gasteiger partial charge in [0.2, 0.25) is 5.89 Å². The Kier molecular flexibility index (Phi) is 6.31. The highest BCUT2D eigenvalue weighted by atomic mass is 16.3. The molecule has 3 aromatic heterocycles. The first-order valence-electron chi connectivity index (χ1n) is 17.8. The first-order chi connectivity index (χ1) is 25.8. The Morgan fingerprint density at radius 2 is 1.21 bits per heavy atom. The second-order valence-corrected chi connectivity index (χ2v) is 13.5. The van der Waals surface area contributed by atoms with Crippen molar-refractivity contribution in [3.8, 4) is 5.69 Å². The monoisotopic (exact) mass is 669 g/mol. The molecule has 0 amide bonds. The van der Waals surface area contributed by atoms with E-state index >= 15 is 0 Å².